The number of hydrogen-bond donors (Lipinski definition) is 1. The molecule has 2 aromatic rings. The van der Waals surface area contributed by atoms with Crippen LogP contribution in [0.3, 0.4) is 0 Å². The van der Waals surface area contributed by atoms with Gasteiger partial charge in [-0.3, -0.25) is 9.59 Å². The Hall–Kier alpha value is -2.04. The summed E-state index contributed by atoms with van der Waals surface area (Å²) in [7, 11) is 0. The van der Waals surface area contributed by atoms with Crippen LogP contribution in [0, 0.1) is 5.41 Å². The van der Waals surface area contributed by atoms with Crippen LogP contribution in [0.15, 0.2) is 42.5 Å². The van der Waals surface area contributed by atoms with Crippen molar-refractivity contribution in [2.75, 3.05) is 11.9 Å². The van der Waals surface area contributed by atoms with Crippen LogP contribution in [0.25, 0.3) is 0 Å². The minimum absolute atomic E-state index is 0.0948. The summed E-state index contributed by atoms with van der Waals surface area (Å²) in [6.07, 6.45) is 1.95. The Morgan fingerprint density at radius 1 is 1.00 bits per heavy atom. The van der Waals surface area contributed by atoms with Gasteiger partial charge in [-0.25, -0.2) is 0 Å². The van der Waals surface area contributed by atoms with Crippen LogP contribution in [-0.2, 0) is 22.6 Å². The minimum Gasteiger partial charge on any atom is -0.337 e. The largest absolute Gasteiger partial charge is 0.337 e. The van der Waals surface area contributed by atoms with E-state index in [-0.39, 0.29) is 16.8 Å². The lowest BCUT2D eigenvalue weighted by atomic mass is 9.97. The van der Waals surface area contributed by atoms with E-state index in [0.29, 0.717) is 36.6 Å². The fourth-order valence-electron chi connectivity index (χ4n) is 3.48. The average molecular weight is 389 g/mol. The first kappa shape index (κ1) is 17.4. The molecule has 2 aliphatic rings. The lowest BCUT2D eigenvalue weighted by Crippen LogP contribution is -2.45. The van der Waals surface area contributed by atoms with Gasteiger partial charge in [0.05, 0.1) is 15.7 Å². The van der Waals surface area contributed by atoms with Crippen molar-refractivity contribution in [2.24, 2.45) is 5.41 Å². The van der Waals surface area contributed by atoms with Crippen LogP contribution in [0.5, 0.6) is 0 Å². The Morgan fingerprint density at radius 3 is 2.46 bits per heavy atom. The van der Waals surface area contributed by atoms with Gasteiger partial charge < -0.3 is 10.2 Å². The van der Waals surface area contributed by atoms with Crippen LogP contribution in [0.4, 0.5) is 5.69 Å². The van der Waals surface area contributed by atoms with Crippen LogP contribution in [0.2, 0.25) is 10.0 Å². The fourth-order valence-corrected chi connectivity index (χ4v) is 3.82. The van der Waals surface area contributed by atoms with Crippen molar-refractivity contribution in [3.05, 3.63) is 63.6 Å². The molecule has 2 amide bonds. The number of nitrogens with one attached hydrogen (secondary N) is 1. The first-order valence-electron chi connectivity index (χ1n) is 8.63. The minimum atomic E-state index is -0.974. The van der Waals surface area contributed by atoms with Gasteiger partial charge in [-0.2, -0.15) is 0 Å². The molecule has 0 aromatic heterocycles. The zero-order valence-corrected chi connectivity index (χ0v) is 15.6. The molecule has 1 saturated carbocycles. The average Bonchev–Trinajstić information content (AvgIpc) is 3.46. The Kier molecular flexibility index (Phi) is 4.41. The van der Waals surface area contributed by atoms with Gasteiger partial charge >= 0.3 is 0 Å². The number of rotatable bonds is 3. The second-order valence-electron chi connectivity index (χ2n) is 6.88. The van der Waals surface area contributed by atoms with E-state index in [9.17, 15) is 9.59 Å². The van der Waals surface area contributed by atoms with Gasteiger partial charge in [0, 0.05) is 13.1 Å². The summed E-state index contributed by atoms with van der Waals surface area (Å²) in [4.78, 5) is 27.7. The van der Waals surface area contributed by atoms with Gasteiger partial charge in [0.15, 0.2) is 0 Å². The number of fused-ring (bicyclic) bond motifs is 1. The second-order valence-corrected chi connectivity index (χ2v) is 7.67. The maximum atomic E-state index is 13.1. The Balaban J connectivity index is 1.51. The molecule has 4 nitrogen and oxygen atoms in total. The normalized spacial score (nSPS) is 17.4. The van der Waals surface area contributed by atoms with E-state index in [0.717, 1.165) is 12.0 Å². The van der Waals surface area contributed by atoms with Crippen LogP contribution in [-0.4, -0.2) is 23.3 Å². The summed E-state index contributed by atoms with van der Waals surface area (Å²) in [5, 5.41) is 3.45. The van der Waals surface area contributed by atoms with Gasteiger partial charge in [-0.1, -0.05) is 53.5 Å². The molecule has 0 unspecified atom stereocenters. The van der Waals surface area contributed by atoms with Gasteiger partial charge in [0.1, 0.15) is 5.41 Å². The maximum absolute atomic E-state index is 13.1. The first-order valence-corrected chi connectivity index (χ1v) is 9.38. The van der Waals surface area contributed by atoms with Crippen LogP contribution >= 0.6 is 23.2 Å². The quantitative estimate of drug-likeness (QED) is 0.796. The number of anilines is 1. The van der Waals surface area contributed by atoms with Crippen molar-refractivity contribution in [3.63, 3.8) is 0 Å². The molecule has 2 aromatic carbocycles. The monoisotopic (exact) mass is 388 g/mol. The third-order valence-electron chi connectivity index (χ3n) is 5.21. The zero-order valence-electron chi connectivity index (χ0n) is 14.1. The van der Waals surface area contributed by atoms with Gasteiger partial charge in [0.2, 0.25) is 11.8 Å². The van der Waals surface area contributed by atoms with Gasteiger partial charge in [-0.15, -0.1) is 0 Å². The predicted molar refractivity (Wildman–Crippen MR) is 102 cm³/mol. The lowest BCUT2D eigenvalue weighted by Gasteiger charge is -2.31. The summed E-state index contributed by atoms with van der Waals surface area (Å²) < 4.78 is 0. The van der Waals surface area contributed by atoms with Crippen molar-refractivity contribution in [1.82, 2.24) is 4.90 Å². The van der Waals surface area contributed by atoms with E-state index >= 15 is 0 Å². The SMILES string of the molecule is O=C(Nc1cccc(Cl)c1Cl)C1(C(=O)N2CCc3ccccc3C2)CC1. The third kappa shape index (κ3) is 2.97. The van der Waals surface area contributed by atoms with E-state index in [2.05, 4.69) is 11.4 Å². The second kappa shape index (κ2) is 6.60. The molecule has 134 valence electrons. The van der Waals surface area contributed by atoms with Gasteiger partial charge in [0.25, 0.3) is 0 Å². The van der Waals surface area contributed by atoms with Crippen molar-refractivity contribution < 1.29 is 9.59 Å². The number of halogens is 2. The molecule has 1 heterocycles. The Morgan fingerprint density at radius 2 is 1.73 bits per heavy atom. The number of nitrogens with zero attached hydrogens (tertiary/aromatic N) is 1. The Labute approximate surface area is 162 Å². The molecule has 0 spiro atoms. The van der Waals surface area contributed by atoms with E-state index in [1.54, 1.807) is 23.1 Å². The molecule has 0 saturated heterocycles. The summed E-state index contributed by atoms with van der Waals surface area (Å²) in [5.74, 6) is -0.395. The molecule has 26 heavy (non-hydrogen) atoms. The summed E-state index contributed by atoms with van der Waals surface area (Å²) >= 11 is 12.2. The van der Waals surface area contributed by atoms with E-state index < -0.39 is 5.41 Å². The molecule has 1 N–H and O–H groups in total. The smallest absolute Gasteiger partial charge is 0.240 e. The highest BCUT2D eigenvalue weighted by Gasteiger charge is 2.58. The van der Waals surface area contributed by atoms with Crippen molar-refractivity contribution in [1.29, 1.82) is 0 Å². The molecule has 0 bridgehead atoms. The highest BCUT2D eigenvalue weighted by Crippen LogP contribution is 2.49. The van der Waals surface area contributed by atoms with Gasteiger partial charge in [-0.05, 0) is 42.5 Å². The molecule has 0 radical (unpaired) electrons. The Bertz CT molecular complexity index is 893. The van der Waals surface area contributed by atoms with Crippen molar-refractivity contribution in [2.45, 2.75) is 25.8 Å². The molecule has 4 rings (SSSR count). The van der Waals surface area contributed by atoms with E-state index in [1.807, 2.05) is 18.2 Å². The highest BCUT2D eigenvalue weighted by molar-refractivity contribution is 6.44. The predicted octanol–water partition coefficient (Wildman–Crippen LogP) is 4.30. The number of carbonyl (C=O) groups excluding carboxylic acids is 2. The van der Waals surface area contributed by atoms with Crippen molar-refractivity contribution >= 4 is 40.7 Å². The van der Waals surface area contributed by atoms with E-state index in [4.69, 9.17) is 23.2 Å². The maximum Gasteiger partial charge on any atom is 0.240 e. The molecule has 0 atom stereocenters. The standard InChI is InChI=1S/C20H18Cl2N2O2/c21-15-6-3-7-16(17(15)22)23-18(25)20(9-10-20)19(26)24-11-8-13-4-1-2-5-14(13)12-24/h1-7H,8-12H2,(H,23,25). The summed E-state index contributed by atoms with van der Waals surface area (Å²) in [5.41, 5.74) is 1.89. The van der Waals surface area contributed by atoms with Crippen LogP contribution in [0.1, 0.15) is 24.0 Å². The fraction of sp³-hybridized carbons (Fsp3) is 0.300. The highest BCUT2D eigenvalue weighted by atomic mass is 35.5. The topological polar surface area (TPSA) is 49.4 Å². The zero-order chi connectivity index (χ0) is 18.3. The number of benzene rings is 2. The van der Waals surface area contributed by atoms with E-state index in [1.165, 1.54) is 5.56 Å². The molecule has 1 aliphatic heterocycles. The lowest BCUT2D eigenvalue weighted by molar-refractivity contribution is -0.143. The third-order valence-corrected chi connectivity index (χ3v) is 6.03. The molecular weight excluding hydrogens is 371 g/mol. The molecular formula is C20H18Cl2N2O2. The number of hydrogen-bond acceptors (Lipinski definition) is 2. The first-order chi connectivity index (χ1) is 12.5. The summed E-state index contributed by atoms with van der Waals surface area (Å²) in [6, 6.07) is 13.2. The number of amides is 2. The molecule has 1 aliphatic carbocycles. The van der Waals surface area contributed by atoms with Crippen LogP contribution < -0.4 is 5.32 Å². The summed E-state index contributed by atoms with van der Waals surface area (Å²) in [6.45, 7) is 1.20. The van der Waals surface area contributed by atoms with Crippen molar-refractivity contribution in [3.8, 4) is 0 Å². The molecule has 6 heteroatoms. The molecule has 1 fully saturated rings. The number of carbonyl (C=O) groups is 2.